The van der Waals surface area contributed by atoms with Gasteiger partial charge in [-0.1, -0.05) is 25.0 Å². The van der Waals surface area contributed by atoms with Crippen LogP contribution in [0, 0.1) is 13.8 Å². The molecule has 3 amide bonds. The lowest BCUT2D eigenvalue weighted by Crippen LogP contribution is -2.43. The second-order valence-corrected chi connectivity index (χ2v) is 6.10. The molecule has 0 unspecified atom stereocenters. The van der Waals surface area contributed by atoms with Gasteiger partial charge < -0.3 is 5.32 Å². The third-order valence-corrected chi connectivity index (χ3v) is 4.45. The van der Waals surface area contributed by atoms with Gasteiger partial charge >= 0.3 is 6.03 Å². The van der Waals surface area contributed by atoms with Crippen LogP contribution in [0.15, 0.2) is 18.2 Å². The number of carbonyl (C=O) groups excluding carboxylic acids is 2. The van der Waals surface area contributed by atoms with E-state index in [9.17, 15) is 9.59 Å². The smallest absolute Gasteiger partial charge is 0.307 e. The van der Waals surface area contributed by atoms with Crippen LogP contribution < -0.4 is 10.6 Å². The van der Waals surface area contributed by atoms with Crippen molar-refractivity contribution in [2.45, 2.75) is 45.6 Å². The average Bonchev–Trinajstić information content (AvgIpc) is 2.97. The predicted molar refractivity (Wildman–Crippen MR) is 88.0 cm³/mol. The zero-order chi connectivity index (χ0) is 16.1. The second kappa shape index (κ2) is 7.40. The minimum Gasteiger partial charge on any atom is -0.307 e. The molecule has 5 nitrogen and oxygen atoms in total. The van der Waals surface area contributed by atoms with E-state index in [2.05, 4.69) is 10.6 Å². The zero-order valence-electron chi connectivity index (χ0n) is 13.6. The van der Waals surface area contributed by atoms with Gasteiger partial charge in [-0.25, -0.2) is 4.79 Å². The number of anilines is 1. The van der Waals surface area contributed by atoms with Crippen molar-refractivity contribution in [3.63, 3.8) is 0 Å². The number of aryl methyl sites for hydroxylation is 1. The molecule has 120 valence electrons. The van der Waals surface area contributed by atoms with E-state index < -0.39 is 6.03 Å². The highest BCUT2D eigenvalue weighted by atomic mass is 16.2. The maximum absolute atomic E-state index is 11.9. The van der Waals surface area contributed by atoms with Gasteiger partial charge in [0.25, 0.3) is 0 Å². The van der Waals surface area contributed by atoms with Gasteiger partial charge in [-0.05, 0) is 50.9 Å². The quantitative estimate of drug-likeness (QED) is 0.899. The van der Waals surface area contributed by atoms with Crippen molar-refractivity contribution in [2.24, 2.45) is 0 Å². The van der Waals surface area contributed by atoms with Gasteiger partial charge in [0.2, 0.25) is 5.91 Å². The summed E-state index contributed by atoms with van der Waals surface area (Å²) in [7, 11) is 1.94. The summed E-state index contributed by atoms with van der Waals surface area (Å²) in [6.45, 7) is 4.19. The number of nitrogens with zero attached hydrogens (tertiary/aromatic N) is 1. The summed E-state index contributed by atoms with van der Waals surface area (Å²) in [6.07, 6.45) is 4.73. The molecular weight excluding hydrogens is 278 g/mol. The lowest BCUT2D eigenvalue weighted by Gasteiger charge is -2.23. The molecule has 0 atom stereocenters. The van der Waals surface area contributed by atoms with Crippen molar-refractivity contribution < 1.29 is 9.59 Å². The van der Waals surface area contributed by atoms with Crippen LogP contribution in [0.5, 0.6) is 0 Å². The number of benzene rings is 1. The summed E-state index contributed by atoms with van der Waals surface area (Å²) in [4.78, 5) is 25.9. The van der Waals surface area contributed by atoms with E-state index in [1.165, 1.54) is 12.8 Å². The Morgan fingerprint density at radius 1 is 1.23 bits per heavy atom. The third kappa shape index (κ3) is 4.31. The summed E-state index contributed by atoms with van der Waals surface area (Å²) in [5.41, 5.74) is 2.84. The highest BCUT2D eigenvalue weighted by Gasteiger charge is 2.21. The number of nitrogens with one attached hydrogen (secondary N) is 2. The van der Waals surface area contributed by atoms with Crippen molar-refractivity contribution in [1.82, 2.24) is 10.2 Å². The van der Waals surface area contributed by atoms with Crippen LogP contribution >= 0.6 is 0 Å². The van der Waals surface area contributed by atoms with E-state index in [-0.39, 0.29) is 12.5 Å². The topological polar surface area (TPSA) is 61.4 Å². The fourth-order valence-electron chi connectivity index (χ4n) is 2.91. The Hall–Kier alpha value is -1.88. The van der Waals surface area contributed by atoms with Gasteiger partial charge in [0.05, 0.1) is 6.54 Å². The summed E-state index contributed by atoms with van der Waals surface area (Å²) in [5, 5.41) is 5.13. The lowest BCUT2D eigenvalue weighted by molar-refractivity contribution is -0.121. The molecule has 0 radical (unpaired) electrons. The lowest BCUT2D eigenvalue weighted by atomic mass is 10.1. The Morgan fingerprint density at radius 2 is 1.91 bits per heavy atom. The molecule has 0 heterocycles. The van der Waals surface area contributed by atoms with Gasteiger partial charge in [-0.2, -0.15) is 0 Å². The van der Waals surface area contributed by atoms with Gasteiger partial charge in [0.15, 0.2) is 0 Å². The first-order valence-electron chi connectivity index (χ1n) is 7.84. The predicted octanol–water partition coefficient (Wildman–Crippen LogP) is 2.83. The summed E-state index contributed by atoms with van der Waals surface area (Å²) in [5.74, 6) is -0.266. The summed E-state index contributed by atoms with van der Waals surface area (Å²) >= 11 is 0. The Balaban J connectivity index is 1.83. The van der Waals surface area contributed by atoms with E-state index in [4.69, 9.17) is 0 Å². The summed E-state index contributed by atoms with van der Waals surface area (Å²) < 4.78 is 0. The van der Waals surface area contributed by atoms with Gasteiger partial charge in [0, 0.05) is 11.7 Å². The zero-order valence-corrected chi connectivity index (χ0v) is 13.6. The standard InChI is InChI=1S/C17H25N3O2/c1-12-7-6-10-15(13(12)2)18-17(22)19-16(21)11-20(3)14-8-4-5-9-14/h6-7,10,14H,4-5,8-9,11H2,1-3H3,(H2,18,19,21,22). The fourth-order valence-corrected chi connectivity index (χ4v) is 2.91. The van der Waals surface area contributed by atoms with Crippen LogP contribution in [0.4, 0.5) is 10.5 Å². The highest BCUT2D eigenvalue weighted by Crippen LogP contribution is 2.22. The average molecular weight is 303 g/mol. The Morgan fingerprint density at radius 3 is 2.59 bits per heavy atom. The maximum atomic E-state index is 11.9. The molecule has 0 aromatic heterocycles. The Labute approximate surface area is 132 Å². The molecule has 1 fully saturated rings. The van der Waals surface area contributed by atoms with Gasteiger partial charge in [0.1, 0.15) is 0 Å². The molecule has 1 aliphatic rings. The Bertz CT molecular complexity index is 551. The van der Waals surface area contributed by atoms with Crippen LogP contribution in [0.3, 0.4) is 0 Å². The van der Waals surface area contributed by atoms with Crippen molar-refractivity contribution in [2.75, 3.05) is 18.9 Å². The Kier molecular flexibility index (Phi) is 5.55. The molecule has 0 saturated heterocycles. The van der Waals surface area contributed by atoms with E-state index in [1.54, 1.807) is 0 Å². The van der Waals surface area contributed by atoms with E-state index in [0.29, 0.717) is 6.04 Å². The molecule has 0 spiro atoms. The molecule has 1 saturated carbocycles. The maximum Gasteiger partial charge on any atom is 0.325 e. The van der Waals surface area contributed by atoms with Crippen LogP contribution in [0.2, 0.25) is 0 Å². The van der Waals surface area contributed by atoms with E-state index in [0.717, 1.165) is 29.7 Å². The largest absolute Gasteiger partial charge is 0.325 e. The second-order valence-electron chi connectivity index (χ2n) is 6.10. The van der Waals surface area contributed by atoms with Crippen LogP contribution in [-0.2, 0) is 4.79 Å². The van der Waals surface area contributed by atoms with Crippen molar-refractivity contribution >= 4 is 17.6 Å². The molecule has 2 N–H and O–H groups in total. The number of carbonyl (C=O) groups is 2. The normalized spacial score (nSPS) is 15.1. The number of amides is 3. The molecule has 0 bridgehead atoms. The first kappa shape index (κ1) is 16.5. The molecule has 2 rings (SSSR count). The monoisotopic (exact) mass is 303 g/mol. The molecule has 5 heteroatoms. The number of imide groups is 1. The first-order chi connectivity index (χ1) is 10.5. The van der Waals surface area contributed by atoms with E-state index >= 15 is 0 Å². The minimum atomic E-state index is -0.474. The molecule has 1 aromatic carbocycles. The number of hydrogen-bond donors (Lipinski definition) is 2. The van der Waals surface area contributed by atoms with Crippen LogP contribution in [0.25, 0.3) is 0 Å². The molecular formula is C17H25N3O2. The fraction of sp³-hybridized carbons (Fsp3) is 0.529. The first-order valence-corrected chi connectivity index (χ1v) is 7.84. The van der Waals surface area contributed by atoms with Gasteiger partial charge in [-0.15, -0.1) is 0 Å². The number of rotatable bonds is 4. The summed E-state index contributed by atoms with van der Waals surface area (Å²) in [6, 6.07) is 5.69. The van der Waals surface area contributed by atoms with Gasteiger partial charge in [-0.3, -0.25) is 15.0 Å². The number of hydrogen-bond acceptors (Lipinski definition) is 3. The minimum absolute atomic E-state index is 0.255. The third-order valence-electron chi connectivity index (χ3n) is 4.45. The van der Waals surface area contributed by atoms with Crippen LogP contribution in [-0.4, -0.2) is 36.5 Å². The number of likely N-dealkylation sites (N-methyl/N-ethyl adjacent to an activating group) is 1. The van der Waals surface area contributed by atoms with Crippen molar-refractivity contribution in [1.29, 1.82) is 0 Å². The molecule has 22 heavy (non-hydrogen) atoms. The van der Waals surface area contributed by atoms with E-state index in [1.807, 2.05) is 44.0 Å². The highest BCUT2D eigenvalue weighted by molar-refractivity contribution is 6.02. The SMILES string of the molecule is Cc1cccc(NC(=O)NC(=O)CN(C)C2CCCC2)c1C. The molecule has 0 aliphatic heterocycles. The van der Waals surface area contributed by atoms with Crippen molar-refractivity contribution in [3.05, 3.63) is 29.3 Å². The number of urea groups is 1. The van der Waals surface area contributed by atoms with Crippen molar-refractivity contribution in [3.8, 4) is 0 Å². The molecule has 1 aromatic rings. The molecule has 1 aliphatic carbocycles. The van der Waals surface area contributed by atoms with Crippen LogP contribution in [0.1, 0.15) is 36.8 Å².